The Kier molecular flexibility index (Phi) is 6.18. The Labute approximate surface area is 175 Å². The molecule has 2 amide bonds. The second-order valence-corrected chi connectivity index (χ2v) is 9.25. The average Bonchev–Trinajstić information content (AvgIpc) is 3.17. The number of anilines is 1. The van der Waals surface area contributed by atoms with Crippen molar-refractivity contribution < 1.29 is 9.59 Å². The monoisotopic (exact) mass is 406 g/mol. The summed E-state index contributed by atoms with van der Waals surface area (Å²) in [5.41, 5.74) is 8.59. The maximum atomic E-state index is 12.3. The van der Waals surface area contributed by atoms with Crippen LogP contribution in [0.2, 0.25) is 0 Å². The molecule has 0 aliphatic rings. The highest BCUT2D eigenvalue weighted by Gasteiger charge is 2.16. The summed E-state index contributed by atoms with van der Waals surface area (Å²) >= 11 is 1.78. The predicted octanol–water partition coefficient (Wildman–Crippen LogP) is 5.38. The number of aryl methyl sites for hydroxylation is 1. The molecule has 150 valence electrons. The minimum atomic E-state index is -0.448. The molecule has 0 unspecified atom stereocenters. The van der Waals surface area contributed by atoms with Gasteiger partial charge in [0.15, 0.2) is 0 Å². The summed E-state index contributed by atoms with van der Waals surface area (Å²) in [4.78, 5) is 26.2. The number of benzene rings is 2. The van der Waals surface area contributed by atoms with E-state index in [0.717, 1.165) is 23.2 Å². The van der Waals surface area contributed by atoms with Crippen molar-refractivity contribution in [3.05, 3.63) is 76.0 Å². The molecular weight excluding hydrogens is 380 g/mol. The van der Waals surface area contributed by atoms with E-state index in [1.165, 1.54) is 9.75 Å². The molecule has 0 aliphatic heterocycles. The van der Waals surface area contributed by atoms with E-state index in [1.807, 2.05) is 30.3 Å². The molecule has 0 bridgehead atoms. The number of hydrogen-bond donors (Lipinski definition) is 2. The topological polar surface area (TPSA) is 72.2 Å². The Hall–Kier alpha value is -2.92. The second kappa shape index (κ2) is 8.62. The Morgan fingerprint density at radius 2 is 1.69 bits per heavy atom. The zero-order valence-corrected chi connectivity index (χ0v) is 17.8. The lowest BCUT2D eigenvalue weighted by Gasteiger charge is -2.15. The number of thiophene rings is 1. The fourth-order valence-electron chi connectivity index (χ4n) is 2.97. The molecule has 4 nitrogen and oxygen atoms in total. The number of hydrogen-bond acceptors (Lipinski definition) is 3. The molecule has 0 saturated carbocycles. The highest BCUT2D eigenvalue weighted by molar-refractivity contribution is 7.12. The Morgan fingerprint density at radius 3 is 2.31 bits per heavy atom. The molecule has 0 spiro atoms. The third-order valence-corrected chi connectivity index (χ3v) is 6.22. The van der Waals surface area contributed by atoms with Crippen molar-refractivity contribution in [1.82, 2.24) is 0 Å². The van der Waals surface area contributed by atoms with Gasteiger partial charge in [-0.3, -0.25) is 9.59 Å². The first-order valence-electron chi connectivity index (χ1n) is 9.62. The van der Waals surface area contributed by atoms with Gasteiger partial charge in [-0.25, -0.2) is 0 Å². The number of nitrogens with two attached hydrogens (primary N) is 1. The van der Waals surface area contributed by atoms with Gasteiger partial charge in [-0.15, -0.1) is 11.3 Å². The molecule has 1 aromatic heterocycles. The zero-order chi connectivity index (χ0) is 21.0. The first-order chi connectivity index (χ1) is 13.7. The van der Waals surface area contributed by atoms with Gasteiger partial charge in [0, 0.05) is 27.4 Å². The van der Waals surface area contributed by atoms with Crippen LogP contribution in [0.1, 0.15) is 47.3 Å². The van der Waals surface area contributed by atoms with Crippen LogP contribution in [0.15, 0.2) is 60.7 Å². The van der Waals surface area contributed by atoms with Crippen molar-refractivity contribution >= 4 is 28.8 Å². The number of carbonyl (C=O) groups excluding carboxylic acids is 2. The molecule has 0 fully saturated rings. The van der Waals surface area contributed by atoms with Gasteiger partial charge in [0.1, 0.15) is 0 Å². The zero-order valence-electron chi connectivity index (χ0n) is 17.0. The van der Waals surface area contributed by atoms with E-state index in [9.17, 15) is 9.59 Å². The Balaban J connectivity index is 1.58. The molecule has 3 aromatic rings. The van der Waals surface area contributed by atoms with Crippen molar-refractivity contribution in [2.24, 2.45) is 5.73 Å². The fraction of sp³-hybridized carbons (Fsp3) is 0.250. The van der Waals surface area contributed by atoms with Crippen molar-refractivity contribution in [2.45, 2.75) is 39.0 Å². The van der Waals surface area contributed by atoms with E-state index in [-0.39, 0.29) is 11.3 Å². The quantitative estimate of drug-likeness (QED) is 0.577. The fourth-order valence-corrected chi connectivity index (χ4v) is 4.04. The highest BCUT2D eigenvalue weighted by atomic mass is 32.1. The van der Waals surface area contributed by atoms with Gasteiger partial charge in [-0.1, -0.05) is 45.0 Å². The minimum absolute atomic E-state index is 0.000755. The smallest absolute Gasteiger partial charge is 0.248 e. The number of rotatable bonds is 6. The molecule has 0 radical (unpaired) electrons. The third-order valence-electron chi connectivity index (χ3n) is 4.65. The summed E-state index contributed by atoms with van der Waals surface area (Å²) in [7, 11) is 0. The van der Waals surface area contributed by atoms with E-state index in [2.05, 4.69) is 38.2 Å². The molecule has 29 heavy (non-hydrogen) atoms. The lowest BCUT2D eigenvalue weighted by molar-refractivity contribution is -0.116. The Bertz CT molecular complexity index is 1010. The second-order valence-electron chi connectivity index (χ2n) is 8.09. The molecule has 1 heterocycles. The van der Waals surface area contributed by atoms with Crippen LogP contribution in [-0.4, -0.2) is 11.8 Å². The number of nitrogens with one attached hydrogen (secondary N) is 1. The van der Waals surface area contributed by atoms with Crippen molar-refractivity contribution in [1.29, 1.82) is 0 Å². The molecule has 3 rings (SSSR count). The maximum Gasteiger partial charge on any atom is 0.248 e. The lowest BCUT2D eigenvalue weighted by atomic mass is 9.95. The van der Waals surface area contributed by atoms with Gasteiger partial charge in [0.05, 0.1) is 0 Å². The van der Waals surface area contributed by atoms with Crippen LogP contribution in [0.4, 0.5) is 5.69 Å². The van der Waals surface area contributed by atoms with Crippen LogP contribution in [0.3, 0.4) is 0 Å². The summed E-state index contributed by atoms with van der Waals surface area (Å²) in [5.74, 6) is -0.449. The van der Waals surface area contributed by atoms with E-state index < -0.39 is 5.91 Å². The van der Waals surface area contributed by atoms with E-state index >= 15 is 0 Å². The van der Waals surface area contributed by atoms with Crippen LogP contribution in [0.25, 0.3) is 11.1 Å². The van der Waals surface area contributed by atoms with E-state index in [0.29, 0.717) is 12.0 Å². The number of carbonyl (C=O) groups is 2. The number of primary amides is 1. The minimum Gasteiger partial charge on any atom is -0.366 e. The lowest BCUT2D eigenvalue weighted by Crippen LogP contribution is -2.12. The third kappa shape index (κ3) is 5.55. The van der Waals surface area contributed by atoms with Gasteiger partial charge < -0.3 is 11.1 Å². The summed E-state index contributed by atoms with van der Waals surface area (Å²) in [5, 5.41) is 2.95. The van der Waals surface area contributed by atoms with Gasteiger partial charge in [-0.2, -0.15) is 0 Å². The summed E-state index contributed by atoms with van der Waals surface area (Å²) in [6.45, 7) is 6.59. The summed E-state index contributed by atoms with van der Waals surface area (Å²) < 4.78 is 0. The normalized spacial score (nSPS) is 11.3. The van der Waals surface area contributed by atoms with Gasteiger partial charge in [0.2, 0.25) is 11.8 Å². The SMILES string of the molecule is CC(C)(C)c1ccc(CCC(=O)Nc2ccc(-c3cccc(C(N)=O)c3)cc2)s1. The van der Waals surface area contributed by atoms with E-state index in [4.69, 9.17) is 5.73 Å². The highest BCUT2D eigenvalue weighted by Crippen LogP contribution is 2.30. The summed E-state index contributed by atoms with van der Waals surface area (Å²) in [6.07, 6.45) is 1.19. The first kappa shape index (κ1) is 20.8. The predicted molar refractivity (Wildman–Crippen MR) is 120 cm³/mol. The number of amides is 2. The first-order valence-corrected chi connectivity index (χ1v) is 10.4. The molecule has 0 aliphatic carbocycles. The van der Waals surface area contributed by atoms with Crippen LogP contribution < -0.4 is 11.1 Å². The molecule has 0 atom stereocenters. The summed E-state index contributed by atoms with van der Waals surface area (Å²) in [6, 6.07) is 19.0. The largest absolute Gasteiger partial charge is 0.366 e. The van der Waals surface area contributed by atoms with Crippen LogP contribution >= 0.6 is 11.3 Å². The molecule has 3 N–H and O–H groups in total. The van der Waals surface area contributed by atoms with Gasteiger partial charge >= 0.3 is 0 Å². The van der Waals surface area contributed by atoms with Crippen molar-refractivity contribution in [2.75, 3.05) is 5.32 Å². The average molecular weight is 407 g/mol. The van der Waals surface area contributed by atoms with Crippen LogP contribution in [-0.2, 0) is 16.6 Å². The van der Waals surface area contributed by atoms with Gasteiger partial charge in [0.25, 0.3) is 0 Å². The molecule has 5 heteroatoms. The Morgan fingerprint density at radius 1 is 0.966 bits per heavy atom. The van der Waals surface area contributed by atoms with Crippen LogP contribution in [0.5, 0.6) is 0 Å². The standard InChI is InChI=1S/C24H26N2O2S/c1-24(2,3)21-13-11-20(29-21)12-14-22(27)26-19-9-7-16(8-10-19)17-5-4-6-18(15-17)23(25)28/h4-11,13,15H,12,14H2,1-3H3,(H2,25,28)(H,26,27). The molecule has 2 aromatic carbocycles. The van der Waals surface area contributed by atoms with Gasteiger partial charge in [-0.05, 0) is 59.4 Å². The van der Waals surface area contributed by atoms with Crippen LogP contribution in [0, 0.1) is 0 Å². The maximum absolute atomic E-state index is 12.3. The van der Waals surface area contributed by atoms with Crippen molar-refractivity contribution in [3.8, 4) is 11.1 Å². The molecular formula is C24H26N2O2S. The van der Waals surface area contributed by atoms with E-state index in [1.54, 1.807) is 29.5 Å². The van der Waals surface area contributed by atoms with Crippen molar-refractivity contribution in [3.63, 3.8) is 0 Å². The molecule has 0 saturated heterocycles.